The second kappa shape index (κ2) is 8.11. The SMILES string of the molecule is CCOc1cccc(C(NC)/C2=C/CCCCCC2)c1. The van der Waals surface area contributed by atoms with E-state index in [4.69, 9.17) is 4.74 Å². The minimum absolute atomic E-state index is 0.327. The maximum absolute atomic E-state index is 5.63. The van der Waals surface area contributed by atoms with E-state index in [1.165, 1.54) is 44.1 Å². The fourth-order valence-corrected chi connectivity index (χ4v) is 3.00. The first-order valence-corrected chi connectivity index (χ1v) is 7.94. The molecule has 1 aromatic carbocycles. The van der Waals surface area contributed by atoms with E-state index in [9.17, 15) is 0 Å². The molecule has 110 valence electrons. The van der Waals surface area contributed by atoms with Gasteiger partial charge in [0.25, 0.3) is 0 Å². The van der Waals surface area contributed by atoms with Crippen molar-refractivity contribution in [3.8, 4) is 5.75 Å². The Morgan fingerprint density at radius 3 is 2.85 bits per heavy atom. The molecule has 0 heterocycles. The van der Waals surface area contributed by atoms with Gasteiger partial charge in [0.2, 0.25) is 0 Å². The van der Waals surface area contributed by atoms with Crippen molar-refractivity contribution in [1.29, 1.82) is 0 Å². The second-order valence-electron chi connectivity index (χ2n) is 5.46. The normalized spacial score (nSPS) is 20.4. The predicted octanol–water partition coefficient (Wildman–Crippen LogP) is 4.63. The summed E-state index contributed by atoms with van der Waals surface area (Å²) in [5.41, 5.74) is 2.85. The third-order valence-corrected chi connectivity index (χ3v) is 3.99. The van der Waals surface area contributed by atoms with Gasteiger partial charge in [0, 0.05) is 0 Å². The number of likely N-dealkylation sites (N-methyl/N-ethyl adjacent to an activating group) is 1. The fourth-order valence-electron chi connectivity index (χ4n) is 3.00. The van der Waals surface area contributed by atoms with Crippen molar-refractivity contribution >= 4 is 0 Å². The van der Waals surface area contributed by atoms with Crippen molar-refractivity contribution < 1.29 is 4.74 Å². The molecule has 2 nitrogen and oxygen atoms in total. The molecule has 0 fully saturated rings. The van der Waals surface area contributed by atoms with E-state index < -0.39 is 0 Å². The molecule has 1 aromatic rings. The zero-order valence-electron chi connectivity index (χ0n) is 12.8. The second-order valence-corrected chi connectivity index (χ2v) is 5.46. The maximum Gasteiger partial charge on any atom is 0.119 e. The summed E-state index contributed by atoms with van der Waals surface area (Å²) in [5, 5.41) is 3.48. The highest BCUT2D eigenvalue weighted by molar-refractivity contribution is 5.35. The van der Waals surface area contributed by atoms with Crippen molar-refractivity contribution in [3.05, 3.63) is 41.5 Å². The largest absolute Gasteiger partial charge is 0.494 e. The molecule has 1 aliphatic carbocycles. The lowest BCUT2D eigenvalue weighted by molar-refractivity contribution is 0.339. The zero-order chi connectivity index (χ0) is 14.2. The smallest absolute Gasteiger partial charge is 0.119 e. The summed E-state index contributed by atoms with van der Waals surface area (Å²) in [5.74, 6) is 0.969. The Morgan fingerprint density at radius 1 is 1.20 bits per heavy atom. The Hall–Kier alpha value is -1.28. The highest BCUT2D eigenvalue weighted by Crippen LogP contribution is 2.30. The van der Waals surface area contributed by atoms with Gasteiger partial charge in [-0.05, 0) is 57.4 Å². The number of hydrogen-bond acceptors (Lipinski definition) is 2. The van der Waals surface area contributed by atoms with Crippen LogP contribution in [0.4, 0.5) is 0 Å². The summed E-state index contributed by atoms with van der Waals surface area (Å²) >= 11 is 0. The molecule has 1 atom stereocenters. The summed E-state index contributed by atoms with van der Waals surface area (Å²) < 4.78 is 5.63. The first-order valence-electron chi connectivity index (χ1n) is 7.94. The molecular weight excluding hydrogens is 246 g/mol. The van der Waals surface area contributed by atoms with E-state index in [0.29, 0.717) is 6.04 Å². The van der Waals surface area contributed by atoms with Crippen LogP contribution in [0.1, 0.15) is 57.1 Å². The first-order chi connectivity index (χ1) is 9.85. The monoisotopic (exact) mass is 273 g/mol. The Morgan fingerprint density at radius 2 is 2.05 bits per heavy atom. The van der Waals surface area contributed by atoms with E-state index in [2.05, 4.69) is 36.6 Å². The molecule has 0 aliphatic heterocycles. The zero-order valence-corrected chi connectivity index (χ0v) is 12.8. The number of nitrogens with one attached hydrogen (secondary N) is 1. The van der Waals surface area contributed by atoms with Crippen LogP contribution in [0.3, 0.4) is 0 Å². The standard InChI is InChI=1S/C18H27NO/c1-3-20-17-13-9-12-16(14-17)18(19-2)15-10-7-5-4-6-8-11-15/h9-10,12-14,18-19H,3-8,11H2,1-2H3/b15-10+. The Balaban J connectivity index is 2.19. The van der Waals surface area contributed by atoms with Gasteiger partial charge in [-0.1, -0.05) is 36.6 Å². The first kappa shape index (κ1) is 15.1. The summed E-state index contributed by atoms with van der Waals surface area (Å²) in [6.45, 7) is 2.75. The molecule has 0 aromatic heterocycles. The van der Waals surface area contributed by atoms with Crippen LogP contribution in [0.15, 0.2) is 35.9 Å². The van der Waals surface area contributed by atoms with E-state index in [0.717, 1.165) is 12.4 Å². The van der Waals surface area contributed by atoms with E-state index in [1.807, 2.05) is 13.0 Å². The van der Waals surface area contributed by atoms with Crippen molar-refractivity contribution in [2.75, 3.05) is 13.7 Å². The van der Waals surface area contributed by atoms with Crippen LogP contribution in [0.5, 0.6) is 5.75 Å². The number of allylic oxidation sites excluding steroid dienone is 1. The average Bonchev–Trinajstić information content (AvgIpc) is 2.42. The molecule has 0 bridgehead atoms. The topological polar surface area (TPSA) is 21.3 Å². The lowest BCUT2D eigenvalue weighted by Crippen LogP contribution is -2.19. The highest BCUT2D eigenvalue weighted by atomic mass is 16.5. The van der Waals surface area contributed by atoms with Crippen molar-refractivity contribution in [1.82, 2.24) is 5.32 Å². The maximum atomic E-state index is 5.63. The number of ether oxygens (including phenoxy) is 1. The third-order valence-electron chi connectivity index (χ3n) is 3.99. The predicted molar refractivity (Wildman–Crippen MR) is 85.2 cm³/mol. The molecule has 0 radical (unpaired) electrons. The van der Waals surface area contributed by atoms with Gasteiger partial charge in [-0.3, -0.25) is 0 Å². The van der Waals surface area contributed by atoms with E-state index >= 15 is 0 Å². The minimum atomic E-state index is 0.327. The molecular formula is C18H27NO. The molecule has 2 heteroatoms. The fraction of sp³-hybridized carbons (Fsp3) is 0.556. The van der Waals surface area contributed by atoms with Gasteiger partial charge in [0.15, 0.2) is 0 Å². The lowest BCUT2D eigenvalue weighted by atomic mass is 9.91. The number of rotatable bonds is 5. The van der Waals surface area contributed by atoms with Gasteiger partial charge in [0.05, 0.1) is 12.6 Å². The Labute approximate surface area is 123 Å². The Kier molecular flexibility index (Phi) is 6.13. The van der Waals surface area contributed by atoms with Crippen LogP contribution in [0, 0.1) is 0 Å². The molecule has 0 amide bonds. The van der Waals surface area contributed by atoms with Crippen molar-refractivity contribution in [2.24, 2.45) is 0 Å². The van der Waals surface area contributed by atoms with Crippen LogP contribution in [0.2, 0.25) is 0 Å². The molecule has 1 unspecified atom stereocenters. The van der Waals surface area contributed by atoms with E-state index in [-0.39, 0.29) is 0 Å². The lowest BCUT2D eigenvalue weighted by Gasteiger charge is -2.23. The van der Waals surface area contributed by atoms with Crippen LogP contribution in [-0.2, 0) is 0 Å². The summed E-state index contributed by atoms with van der Waals surface area (Å²) in [6.07, 6.45) is 10.3. The third kappa shape index (κ3) is 4.11. The summed E-state index contributed by atoms with van der Waals surface area (Å²) in [4.78, 5) is 0. The molecule has 0 spiro atoms. The van der Waals surface area contributed by atoms with Crippen molar-refractivity contribution in [2.45, 2.75) is 51.5 Å². The summed E-state index contributed by atoms with van der Waals surface area (Å²) in [6, 6.07) is 8.82. The van der Waals surface area contributed by atoms with Crippen LogP contribution in [0.25, 0.3) is 0 Å². The van der Waals surface area contributed by atoms with Gasteiger partial charge >= 0.3 is 0 Å². The molecule has 1 N–H and O–H groups in total. The van der Waals surface area contributed by atoms with Gasteiger partial charge < -0.3 is 10.1 Å². The Bertz CT molecular complexity index is 439. The van der Waals surface area contributed by atoms with Crippen LogP contribution in [-0.4, -0.2) is 13.7 Å². The van der Waals surface area contributed by atoms with Crippen molar-refractivity contribution in [3.63, 3.8) is 0 Å². The molecule has 0 saturated carbocycles. The quantitative estimate of drug-likeness (QED) is 0.790. The molecule has 20 heavy (non-hydrogen) atoms. The molecule has 2 rings (SSSR count). The van der Waals surface area contributed by atoms with Gasteiger partial charge in [-0.25, -0.2) is 0 Å². The van der Waals surface area contributed by atoms with Crippen LogP contribution < -0.4 is 10.1 Å². The van der Waals surface area contributed by atoms with Gasteiger partial charge in [-0.15, -0.1) is 0 Å². The number of hydrogen-bond donors (Lipinski definition) is 1. The van der Waals surface area contributed by atoms with Gasteiger partial charge in [0.1, 0.15) is 5.75 Å². The average molecular weight is 273 g/mol. The van der Waals surface area contributed by atoms with Gasteiger partial charge in [-0.2, -0.15) is 0 Å². The molecule has 1 aliphatic rings. The number of benzene rings is 1. The summed E-state index contributed by atoms with van der Waals surface area (Å²) in [7, 11) is 2.05. The minimum Gasteiger partial charge on any atom is -0.494 e. The molecule has 0 saturated heterocycles. The van der Waals surface area contributed by atoms with E-state index in [1.54, 1.807) is 5.57 Å². The highest BCUT2D eigenvalue weighted by Gasteiger charge is 2.16. The van der Waals surface area contributed by atoms with Crippen LogP contribution >= 0.6 is 0 Å².